The summed E-state index contributed by atoms with van der Waals surface area (Å²) in [4.78, 5) is 9.09. The van der Waals surface area contributed by atoms with E-state index in [1.807, 2.05) is 36.5 Å². The van der Waals surface area contributed by atoms with Crippen LogP contribution < -0.4 is 0 Å². The zero-order valence-electron chi connectivity index (χ0n) is 13.3. The maximum absolute atomic E-state index is 5.14. The Bertz CT molecular complexity index is 757. The maximum atomic E-state index is 5.14. The first-order chi connectivity index (χ1) is 11.3. The Morgan fingerprint density at radius 2 is 1.87 bits per heavy atom. The summed E-state index contributed by atoms with van der Waals surface area (Å²) < 4.78 is 7.29. The highest BCUT2D eigenvalue weighted by molar-refractivity contribution is 7.99. The number of imidazole rings is 1. The van der Waals surface area contributed by atoms with E-state index in [0.717, 1.165) is 33.4 Å². The van der Waals surface area contributed by atoms with Crippen molar-refractivity contribution in [3.63, 3.8) is 0 Å². The molecule has 0 bridgehead atoms. The average molecular weight is 325 g/mol. The number of ether oxygens (including phenoxy) is 1. The largest absolute Gasteiger partial charge is 0.384 e. The normalized spacial score (nSPS) is 10.9. The van der Waals surface area contributed by atoms with Gasteiger partial charge in [0.2, 0.25) is 0 Å². The Hall–Kier alpha value is -2.11. The van der Waals surface area contributed by atoms with Crippen molar-refractivity contribution < 1.29 is 4.74 Å². The highest BCUT2D eigenvalue weighted by Crippen LogP contribution is 2.34. The van der Waals surface area contributed by atoms with Gasteiger partial charge in [-0.1, -0.05) is 42.1 Å². The third kappa shape index (κ3) is 3.46. The van der Waals surface area contributed by atoms with Crippen LogP contribution in [0.4, 0.5) is 0 Å². The minimum absolute atomic E-state index is 0.709. The summed E-state index contributed by atoms with van der Waals surface area (Å²) in [7, 11) is 3.78. The van der Waals surface area contributed by atoms with Gasteiger partial charge in [0.1, 0.15) is 0 Å². The molecule has 0 amide bonds. The Morgan fingerprint density at radius 1 is 1.09 bits per heavy atom. The lowest BCUT2D eigenvalue weighted by molar-refractivity contribution is 0.218. The van der Waals surface area contributed by atoms with Crippen molar-refractivity contribution in [2.75, 3.05) is 19.5 Å². The monoisotopic (exact) mass is 325 g/mol. The molecule has 0 N–H and O–H groups in total. The van der Waals surface area contributed by atoms with Gasteiger partial charge in [0.15, 0.2) is 5.16 Å². The van der Waals surface area contributed by atoms with E-state index < -0.39 is 0 Å². The van der Waals surface area contributed by atoms with Gasteiger partial charge >= 0.3 is 0 Å². The van der Waals surface area contributed by atoms with Crippen molar-refractivity contribution >= 4 is 11.8 Å². The Kier molecular flexibility index (Phi) is 5.10. The van der Waals surface area contributed by atoms with E-state index in [1.165, 1.54) is 0 Å². The van der Waals surface area contributed by atoms with E-state index in [9.17, 15) is 0 Å². The van der Waals surface area contributed by atoms with E-state index in [1.54, 1.807) is 25.1 Å². The molecule has 0 aliphatic rings. The van der Waals surface area contributed by atoms with Crippen molar-refractivity contribution in [2.45, 2.75) is 5.16 Å². The first-order valence-electron chi connectivity index (χ1n) is 7.45. The van der Waals surface area contributed by atoms with Gasteiger partial charge in [-0.15, -0.1) is 0 Å². The van der Waals surface area contributed by atoms with Crippen LogP contribution in [0.25, 0.3) is 22.5 Å². The first kappa shape index (κ1) is 15.8. The highest BCUT2D eigenvalue weighted by atomic mass is 32.2. The molecule has 0 spiro atoms. The highest BCUT2D eigenvalue weighted by Gasteiger charge is 2.18. The quantitative estimate of drug-likeness (QED) is 0.509. The maximum Gasteiger partial charge on any atom is 0.168 e. The van der Waals surface area contributed by atoms with Gasteiger partial charge in [0.25, 0.3) is 0 Å². The summed E-state index contributed by atoms with van der Waals surface area (Å²) in [5.74, 6) is 0.877. The predicted molar refractivity (Wildman–Crippen MR) is 94.5 cm³/mol. The standard InChI is InChI=1S/C18H19N3OS/c1-21-17(14-7-4-3-5-8-14)16(15-9-6-10-19-13-15)20-18(21)23-12-11-22-2/h3-10,13H,11-12H2,1-2H3. The number of rotatable bonds is 6. The number of aromatic nitrogens is 3. The molecule has 0 atom stereocenters. The fourth-order valence-electron chi connectivity index (χ4n) is 2.45. The molecule has 3 rings (SSSR count). The molecule has 5 heteroatoms. The van der Waals surface area contributed by atoms with E-state index in [0.29, 0.717) is 6.61 Å². The lowest BCUT2D eigenvalue weighted by Crippen LogP contribution is -1.97. The number of methoxy groups -OCH3 is 1. The summed E-state index contributed by atoms with van der Waals surface area (Å²) >= 11 is 1.70. The van der Waals surface area contributed by atoms with Gasteiger partial charge < -0.3 is 9.30 Å². The summed E-state index contributed by atoms with van der Waals surface area (Å²) in [6.45, 7) is 0.709. The lowest BCUT2D eigenvalue weighted by atomic mass is 10.1. The topological polar surface area (TPSA) is 39.9 Å². The van der Waals surface area contributed by atoms with Crippen molar-refractivity contribution in [3.8, 4) is 22.5 Å². The predicted octanol–water partition coefficient (Wildman–Crippen LogP) is 3.89. The summed E-state index contributed by atoms with van der Waals surface area (Å²) in [5, 5.41) is 0.986. The van der Waals surface area contributed by atoms with E-state index in [-0.39, 0.29) is 0 Å². The molecule has 0 unspecified atom stereocenters. The van der Waals surface area contributed by atoms with Crippen LogP contribution in [0.2, 0.25) is 0 Å². The molecule has 0 aliphatic heterocycles. The minimum Gasteiger partial charge on any atom is -0.384 e. The molecule has 118 valence electrons. The van der Waals surface area contributed by atoms with Gasteiger partial charge in [-0.25, -0.2) is 4.98 Å². The van der Waals surface area contributed by atoms with Crippen LogP contribution in [0.3, 0.4) is 0 Å². The molecule has 0 fully saturated rings. The molecule has 2 heterocycles. The molecule has 3 aromatic rings. The van der Waals surface area contributed by atoms with Gasteiger partial charge in [-0.05, 0) is 12.1 Å². The van der Waals surface area contributed by atoms with Crippen molar-refractivity contribution in [2.24, 2.45) is 7.05 Å². The van der Waals surface area contributed by atoms with Crippen LogP contribution in [0.5, 0.6) is 0 Å². The van der Waals surface area contributed by atoms with Gasteiger partial charge in [0.05, 0.1) is 18.0 Å². The van der Waals surface area contributed by atoms with Crippen molar-refractivity contribution in [1.82, 2.24) is 14.5 Å². The second kappa shape index (κ2) is 7.44. The Balaban J connectivity index is 2.08. The van der Waals surface area contributed by atoms with Crippen LogP contribution in [0.15, 0.2) is 60.0 Å². The zero-order valence-corrected chi connectivity index (χ0v) is 14.1. The number of benzene rings is 1. The van der Waals surface area contributed by atoms with Crippen molar-refractivity contribution in [3.05, 3.63) is 54.9 Å². The molecule has 1 aromatic carbocycles. The molecule has 23 heavy (non-hydrogen) atoms. The Morgan fingerprint density at radius 3 is 2.57 bits per heavy atom. The fraction of sp³-hybridized carbons (Fsp3) is 0.222. The smallest absolute Gasteiger partial charge is 0.168 e. The van der Waals surface area contributed by atoms with E-state index in [4.69, 9.17) is 9.72 Å². The fourth-order valence-corrected chi connectivity index (χ4v) is 3.33. The average Bonchev–Trinajstić information content (AvgIpc) is 2.93. The molecule has 0 aliphatic carbocycles. The van der Waals surface area contributed by atoms with Gasteiger partial charge in [-0.3, -0.25) is 4.98 Å². The van der Waals surface area contributed by atoms with Crippen LogP contribution in [0.1, 0.15) is 0 Å². The van der Waals surface area contributed by atoms with E-state index in [2.05, 4.69) is 28.7 Å². The molecule has 0 saturated carbocycles. The van der Waals surface area contributed by atoms with Crippen LogP contribution in [-0.2, 0) is 11.8 Å². The third-order valence-electron chi connectivity index (χ3n) is 3.55. The third-order valence-corrected chi connectivity index (χ3v) is 4.55. The number of thioether (sulfide) groups is 1. The molecule has 2 aromatic heterocycles. The number of hydrogen-bond donors (Lipinski definition) is 0. The molecular formula is C18H19N3OS. The number of hydrogen-bond acceptors (Lipinski definition) is 4. The first-order valence-corrected chi connectivity index (χ1v) is 8.44. The lowest BCUT2D eigenvalue weighted by Gasteiger charge is -2.07. The van der Waals surface area contributed by atoms with Gasteiger partial charge in [-0.2, -0.15) is 0 Å². The molecule has 0 saturated heterocycles. The summed E-state index contributed by atoms with van der Waals surface area (Å²) in [6.07, 6.45) is 3.64. The molecule has 4 nitrogen and oxygen atoms in total. The van der Waals surface area contributed by atoms with E-state index >= 15 is 0 Å². The summed E-state index contributed by atoms with van der Waals surface area (Å²) in [5.41, 5.74) is 4.26. The number of nitrogens with zero attached hydrogens (tertiary/aromatic N) is 3. The van der Waals surface area contributed by atoms with Crippen LogP contribution in [0, 0.1) is 0 Å². The van der Waals surface area contributed by atoms with Crippen LogP contribution in [-0.4, -0.2) is 34.0 Å². The van der Waals surface area contributed by atoms with Crippen molar-refractivity contribution in [1.29, 1.82) is 0 Å². The zero-order chi connectivity index (χ0) is 16.1. The van der Waals surface area contributed by atoms with Gasteiger partial charge in [0, 0.05) is 43.4 Å². The second-order valence-corrected chi connectivity index (χ2v) is 6.16. The summed E-state index contributed by atoms with van der Waals surface area (Å²) in [6, 6.07) is 14.3. The Labute approximate surface area is 140 Å². The SMILES string of the molecule is COCCSc1nc(-c2cccnc2)c(-c2ccccc2)n1C. The molecular weight excluding hydrogens is 306 g/mol. The number of pyridine rings is 1. The second-order valence-electron chi connectivity index (χ2n) is 5.10. The van der Waals surface area contributed by atoms with Crippen LogP contribution >= 0.6 is 11.8 Å². The minimum atomic E-state index is 0.709. The molecule has 0 radical (unpaired) electrons.